The van der Waals surface area contributed by atoms with E-state index in [9.17, 15) is 4.79 Å². The van der Waals surface area contributed by atoms with Crippen LogP contribution < -0.4 is 5.73 Å². The molecule has 1 aliphatic heterocycles. The highest BCUT2D eigenvalue weighted by Gasteiger charge is 2.28. The lowest BCUT2D eigenvalue weighted by Crippen LogP contribution is -2.40. The highest BCUT2D eigenvalue weighted by molar-refractivity contribution is 5.98. The Morgan fingerprint density at radius 3 is 2.65 bits per heavy atom. The van der Waals surface area contributed by atoms with Crippen LogP contribution in [0, 0.1) is 12.8 Å². The van der Waals surface area contributed by atoms with E-state index in [0.717, 1.165) is 38.2 Å². The number of hydrogen-bond donors (Lipinski definition) is 1. The van der Waals surface area contributed by atoms with Crippen molar-refractivity contribution in [2.75, 3.05) is 32.5 Å². The average molecular weight is 280 g/mol. The number of piperidine rings is 1. The summed E-state index contributed by atoms with van der Waals surface area (Å²) in [6.45, 7) is 6.76. The first-order valence-electron chi connectivity index (χ1n) is 7.19. The number of nitrogens with zero attached hydrogens (tertiary/aromatic N) is 3. The van der Waals surface area contributed by atoms with Crippen LogP contribution in [0.5, 0.6) is 0 Å². The molecular weight excluding hydrogens is 256 g/mol. The van der Waals surface area contributed by atoms with Crippen molar-refractivity contribution >= 4 is 11.6 Å². The van der Waals surface area contributed by atoms with Gasteiger partial charge in [-0.05, 0) is 32.6 Å². The van der Waals surface area contributed by atoms with Crippen LogP contribution in [0.3, 0.4) is 0 Å². The van der Waals surface area contributed by atoms with Crippen molar-refractivity contribution < 1.29 is 9.53 Å². The minimum Gasteiger partial charge on any atom is -0.395 e. The van der Waals surface area contributed by atoms with Crippen molar-refractivity contribution in [1.29, 1.82) is 0 Å². The van der Waals surface area contributed by atoms with Crippen LogP contribution in [0.25, 0.3) is 0 Å². The molecule has 0 bridgehead atoms. The molecule has 0 aromatic carbocycles. The molecule has 6 nitrogen and oxygen atoms in total. The first-order chi connectivity index (χ1) is 9.58. The summed E-state index contributed by atoms with van der Waals surface area (Å²) >= 11 is 0. The van der Waals surface area contributed by atoms with E-state index in [2.05, 4.69) is 5.10 Å². The second-order valence-electron chi connectivity index (χ2n) is 5.35. The summed E-state index contributed by atoms with van der Waals surface area (Å²) in [6.07, 6.45) is 1.97. The van der Waals surface area contributed by atoms with Gasteiger partial charge in [0.05, 0.1) is 11.4 Å². The number of methoxy groups -OCH3 is 1. The normalized spacial score (nSPS) is 16.6. The maximum atomic E-state index is 12.6. The van der Waals surface area contributed by atoms with Gasteiger partial charge in [0.25, 0.3) is 5.91 Å². The molecule has 0 saturated carbocycles. The van der Waals surface area contributed by atoms with Gasteiger partial charge in [0.1, 0.15) is 5.69 Å². The number of carbonyl (C=O) groups excluding carboxylic acids is 1. The molecule has 0 radical (unpaired) electrons. The Morgan fingerprint density at radius 2 is 2.10 bits per heavy atom. The topological polar surface area (TPSA) is 73.4 Å². The van der Waals surface area contributed by atoms with E-state index in [-0.39, 0.29) is 5.91 Å². The molecule has 1 saturated heterocycles. The molecular formula is C14H24N4O2. The van der Waals surface area contributed by atoms with Crippen LogP contribution in [0.2, 0.25) is 0 Å². The lowest BCUT2D eigenvalue weighted by atomic mass is 9.97. The summed E-state index contributed by atoms with van der Waals surface area (Å²) in [5, 5.41) is 4.31. The maximum Gasteiger partial charge on any atom is 0.274 e. The number of anilines is 1. The Labute approximate surface area is 119 Å². The first-order valence-corrected chi connectivity index (χ1v) is 7.19. The molecule has 0 aliphatic carbocycles. The highest BCUT2D eigenvalue weighted by atomic mass is 16.5. The van der Waals surface area contributed by atoms with Crippen LogP contribution in [-0.4, -0.2) is 47.4 Å². The Bertz CT molecular complexity index is 476. The fourth-order valence-corrected chi connectivity index (χ4v) is 2.74. The van der Waals surface area contributed by atoms with Gasteiger partial charge in [-0.2, -0.15) is 5.10 Å². The molecule has 1 amide bonds. The van der Waals surface area contributed by atoms with Gasteiger partial charge in [0.15, 0.2) is 0 Å². The van der Waals surface area contributed by atoms with Crippen molar-refractivity contribution in [2.45, 2.75) is 33.2 Å². The van der Waals surface area contributed by atoms with Crippen molar-refractivity contribution in [3.8, 4) is 0 Å². The monoisotopic (exact) mass is 280 g/mol. The van der Waals surface area contributed by atoms with Gasteiger partial charge in [0, 0.05) is 33.4 Å². The second kappa shape index (κ2) is 6.26. The van der Waals surface area contributed by atoms with Crippen LogP contribution in [0.4, 0.5) is 5.69 Å². The minimum absolute atomic E-state index is 0.000756. The van der Waals surface area contributed by atoms with Crippen LogP contribution in [0.1, 0.15) is 35.9 Å². The molecule has 1 aromatic rings. The maximum absolute atomic E-state index is 12.6. The Balaban J connectivity index is 2.09. The van der Waals surface area contributed by atoms with Gasteiger partial charge in [-0.1, -0.05) is 0 Å². The van der Waals surface area contributed by atoms with Gasteiger partial charge in [-0.15, -0.1) is 0 Å². The van der Waals surface area contributed by atoms with E-state index in [4.69, 9.17) is 10.5 Å². The number of ether oxygens (including phenoxy) is 1. The average Bonchev–Trinajstić information content (AvgIpc) is 2.75. The Morgan fingerprint density at radius 1 is 1.45 bits per heavy atom. The summed E-state index contributed by atoms with van der Waals surface area (Å²) in [4.78, 5) is 14.5. The summed E-state index contributed by atoms with van der Waals surface area (Å²) in [6, 6.07) is 0. The highest BCUT2D eigenvalue weighted by Crippen LogP contribution is 2.23. The standard InChI is InChI=1S/C14H24N4O2/c1-4-18-13(12(15)10(2)16-18)14(19)17-7-5-11(6-8-17)9-20-3/h11H,4-9,15H2,1-3H3. The van der Waals surface area contributed by atoms with Gasteiger partial charge in [0.2, 0.25) is 0 Å². The number of likely N-dealkylation sites (tertiary alicyclic amines) is 1. The predicted molar refractivity (Wildman–Crippen MR) is 77.6 cm³/mol. The number of nitrogen functional groups attached to an aromatic ring is 1. The van der Waals surface area contributed by atoms with Gasteiger partial charge < -0.3 is 15.4 Å². The number of amides is 1. The zero-order valence-electron chi connectivity index (χ0n) is 12.6. The number of rotatable bonds is 4. The molecule has 2 heterocycles. The molecule has 6 heteroatoms. The minimum atomic E-state index is 0.000756. The van der Waals surface area contributed by atoms with Crippen molar-refractivity contribution in [2.24, 2.45) is 5.92 Å². The van der Waals surface area contributed by atoms with Gasteiger partial charge in [-0.3, -0.25) is 9.48 Å². The summed E-state index contributed by atoms with van der Waals surface area (Å²) in [5.74, 6) is 0.556. The lowest BCUT2D eigenvalue weighted by Gasteiger charge is -2.31. The fourth-order valence-electron chi connectivity index (χ4n) is 2.74. The van der Waals surface area contributed by atoms with E-state index < -0.39 is 0 Å². The molecule has 0 atom stereocenters. The smallest absolute Gasteiger partial charge is 0.274 e. The van der Waals surface area contributed by atoms with Crippen LogP contribution in [0.15, 0.2) is 0 Å². The molecule has 1 aliphatic rings. The molecule has 2 N–H and O–H groups in total. The van der Waals surface area contributed by atoms with Crippen molar-refractivity contribution in [3.05, 3.63) is 11.4 Å². The number of hydrogen-bond acceptors (Lipinski definition) is 4. The molecule has 0 unspecified atom stereocenters. The third-order valence-electron chi connectivity index (χ3n) is 3.98. The largest absolute Gasteiger partial charge is 0.395 e. The molecule has 1 fully saturated rings. The van der Waals surface area contributed by atoms with E-state index in [0.29, 0.717) is 23.8 Å². The third-order valence-corrected chi connectivity index (χ3v) is 3.98. The Kier molecular flexibility index (Phi) is 4.65. The lowest BCUT2D eigenvalue weighted by molar-refractivity contribution is 0.0603. The van der Waals surface area contributed by atoms with E-state index in [1.54, 1.807) is 11.8 Å². The van der Waals surface area contributed by atoms with Crippen LogP contribution in [-0.2, 0) is 11.3 Å². The summed E-state index contributed by atoms with van der Waals surface area (Å²) < 4.78 is 6.89. The quantitative estimate of drug-likeness (QED) is 0.902. The van der Waals surface area contributed by atoms with E-state index >= 15 is 0 Å². The van der Waals surface area contributed by atoms with E-state index in [1.165, 1.54) is 0 Å². The fraction of sp³-hybridized carbons (Fsp3) is 0.714. The number of aromatic nitrogens is 2. The molecule has 112 valence electrons. The Hall–Kier alpha value is -1.56. The predicted octanol–water partition coefficient (Wildman–Crippen LogP) is 1.29. The van der Waals surface area contributed by atoms with Crippen LogP contribution >= 0.6 is 0 Å². The number of aryl methyl sites for hydroxylation is 2. The first kappa shape index (κ1) is 14.8. The number of nitrogens with two attached hydrogens (primary N) is 1. The van der Waals surface area contributed by atoms with E-state index in [1.807, 2.05) is 18.7 Å². The van der Waals surface area contributed by atoms with Crippen molar-refractivity contribution in [3.63, 3.8) is 0 Å². The van der Waals surface area contributed by atoms with Crippen molar-refractivity contribution in [1.82, 2.24) is 14.7 Å². The van der Waals surface area contributed by atoms with Gasteiger partial charge in [-0.25, -0.2) is 0 Å². The molecule has 1 aromatic heterocycles. The number of carbonyl (C=O) groups is 1. The summed E-state index contributed by atoms with van der Waals surface area (Å²) in [5.41, 5.74) is 7.78. The molecule has 2 rings (SSSR count). The zero-order chi connectivity index (χ0) is 14.7. The molecule has 20 heavy (non-hydrogen) atoms. The SMILES string of the molecule is CCn1nc(C)c(N)c1C(=O)N1CCC(COC)CC1. The second-order valence-corrected chi connectivity index (χ2v) is 5.35. The van der Waals surface area contributed by atoms with Gasteiger partial charge >= 0.3 is 0 Å². The summed E-state index contributed by atoms with van der Waals surface area (Å²) in [7, 11) is 1.72. The molecule has 0 spiro atoms. The third kappa shape index (κ3) is 2.80. The zero-order valence-corrected chi connectivity index (χ0v) is 12.6.